The van der Waals surface area contributed by atoms with Crippen molar-refractivity contribution in [3.05, 3.63) is 0 Å². The molecule has 2 N–H and O–H groups in total. The molecule has 98 valence electrons. The van der Waals surface area contributed by atoms with Crippen LogP contribution < -0.4 is 5.73 Å². The summed E-state index contributed by atoms with van der Waals surface area (Å²) < 4.78 is 0. The molecule has 0 aromatic rings. The minimum Gasteiger partial charge on any atom is -0.321 e. The van der Waals surface area contributed by atoms with E-state index in [1.54, 1.807) is 11.8 Å². The Morgan fingerprint density at radius 3 is 2.25 bits per heavy atom. The first kappa shape index (κ1) is 18.7. The van der Waals surface area contributed by atoms with Crippen molar-refractivity contribution in [2.45, 2.75) is 46.1 Å². The van der Waals surface area contributed by atoms with Crippen LogP contribution in [0.3, 0.4) is 0 Å². The van der Waals surface area contributed by atoms with Crippen molar-refractivity contribution >= 4 is 30.2 Å². The van der Waals surface area contributed by atoms with Crippen LogP contribution in [-0.2, 0) is 4.79 Å². The van der Waals surface area contributed by atoms with Gasteiger partial charge in [-0.2, -0.15) is 24.4 Å². The number of nitrogens with two attached hydrogens (primary N) is 1. The Morgan fingerprint density at radius 1 is 1.44 bits per heavy atom. The average molecular weight is 265 g/mol. The zero-order valence-electron chi connectivity index (χ0n) is 11.0. The molecule has 0 aromatic heterocycles. The summed E-state index contributed by atoms with van der Waals surface area (Å²) in [6.45, 7) is 6.23. The lowest BCUT2D eigenvalue weighted by molar-refractivity contribution is -0.120. The molecule has 2 atom stereocenters. The molecule has 0 aliphatic carbocycles. The van der Waals surface area contributed by atoms with Gasteiger partial charge in [0.15, 0.2) is 0 Å². The second-order valence-corrected chi connectivity index (χ2v) is 5.25. The second-order valence-electron chi connectivity index (χ2n) is 3.90. The smallest absolute Gasteiger partial charge is 0.149 e. The van der Waals surface area contributed by atoms with Crippen molar-refractivity contribution in [1.82, 2.24) is 0 Å². The highest BCUT2D eigenvalue weighted by atomic mass is 32.2. The van der Waals surface area contributed by atoms with Gasteiger partial charge in [-0.3, -0.25) is 4.79 Å². The summed E-state index contributed by atoms with van der Waals surface area (Å²) in [6, 6.07) is -0.225. The Labute approximate surface area is 111 Å². The number of ketones is 1. The number of hydrogen-bond donors (Lipinski definition) is 2. The zero-order valence-corrected chi connectivity index (χ0v) is 12.7. The third-order valence-electron chi connectivity index (χ3n) is 2.40. The van der Waals surface area contributed by atoms with E-state index >= 15 is 0 Å². The molecule has 0 rings (SSSR count). The zero-order chi connectivity index (χ0) is 13.0. The predicted octanol–water partition coefficient (Wildman–Crippen LogP) is 3.01. The summed E-state index contributed by atoms with van der Waals surface area (Å²) in [5, 5.41) is 0. The lowest BCUT2D eigenvalue weighted by Gasteiger charge is -2.06. The molecule has 0 spiro atoms. The topological polar surface area (TPSA) is 43.1 Å². The fraction of sp³-hybridized carbons (Fsp3) is 0.917. The lowest BCUT2D eigenvalue weighted by atomic mass is 10.1. The quantitative estimate of drug-likeness (QED) is 0.695. The number of carbonyl (C=O) groups excluding carboxylic acids is 1. The van der Waals surface area contributed by atoms with Crippen molar-refractivity contribution in [3.63, 3.8) is 0 Å². The number of Topliss-reactive ketones (excluding diaryl/α,β-unsaturated/α-hetero) is 1. The fourth-order valence-electron chi connectivity index (χ4n) is 0.797. The first-order valence-electron chi connectivity index (χ1n) is 5.91. The molecule has 0 radical (unpaired) electrons. The third-order valence-corrected chi connectivity index (χ3v) is 3.67. The van der Waals surface area contributed by atoms with Gasteiger partial charge in [0.2, 0.25) is 0 Å². The summed E-state index contributed by atoms with van der Waals surface area (Å²) in [5.41, 5.74) is 5.55. The van der Waals surface area contributed by atoms with E-state index in [1.165, 1.54) is 6.42 Å². The maximum Gasteiger partial charge on any atom is 0.149 e. The van der Waals surface area contributed by atoms with Crippen molar-refractivity contribution in [2.75, 3.05) is 17.8 Å². The molecule has 0 aromatic carbocycles. The highest BCUT2D eigenvalue weighted by Crippen LogP contribution is 2.01. The van der Waals surface area contributed by atoms with Crippen LogP contribution in [0.1, 0.15) is 40.0 Å². The average Bonchev–Trinajstić information content (AvgIpc) is 2.34. The van der Waals surface area contributed by atoms with Gasteiger partial charge < -0.3 is 5.73 Å². The van der Waals surface area contributed by atoms with Crippen LogP contribution in [0.25, 0.3) is 0 Å². The van der Waals surface area contributed by atoms with Gasteiger partial charge in [-0.25, -0.2) is 0 Å². The first-order chi connectivity index (χ1) is 7.53. The van der Waals surface area contributed by atoms with Crippen LogP contribution in [0.5, 0.6) is 0 Å². The van der Waals surface area contributed by atoms with Gasteiger partial charge in [0, 0.05) is 6.42 Å². The van der Waals surface area contributed by atoms with E-state index in [4.69, 9.17) is 5.73 Å². The monoisotopic (exact) mass is 265 g/mol. The summed E-state index contributed by atoms with van der Waals surface area (Å²) in [5.74, 6) is 2.98. The van der Waals surface area contributed by atoms with Gasteiger partial charge in [-0.05, 0) is 30.1 Å². The van der Waals surface area contributed by atoms with Crippen LogP contribution in [0.4, 0.5) is 0 Å². The van der Waals surface area contributed by atoms with E-state index in [-0.39, 0.29) is 11.8 Å². The van der Waals surface area contributed by atoms with Gasteiger partial charge in [0.25, 0.3) is 0 Å². The summed E-state index contributed by atoms with van der Waals surface area (Å²) in [6.07, 6.45) is 4.65. The van der Waals surface area contributed by atoms with Crippen LogP contribution in [0.15, 0.2) is 0 Å². The van der Waals surface area contributed by atoms with Crippen LogP contribution >= 0.6 is 24.4 Å². The van der Waals surface area contributed by atoms with Gasteiger partial charge in [-0.15, -0.1) is 0 Å². The van der Waals surface area contributed by atoms with Crippen molar-refractivity contribution in [2.24, 2.45) is 11.7 Å². The van der Waals surface area contributed by atoms with E-state index < -0.39 is 0 Å². The molecule has 16 heavy (non-hydrogen) atoms. The number of hydrogen-bond acceptors (Lipinski definition) is 4. The maximum atomic E-state index is 10.9. The van der Waals surface area contributed by atoms with Gasteiger partial charge >= 0.3 is 0 Å². The van der Waals surface area contributed by atoms with Crippen molar-refractivity contribution in [1.29, 1.82) is 0 Å². The van der Waals surface area contributed by atoms with Gasteiger partial charge in [-0.1, -0.05) is 27.2 Å². The minimum absolute atomic E-state index is 0.175. The summed E-state index contributed by atoms with van der Waals surface area (Å²) in [4.78, 5) is 10.9. The summed E-state index contributed by atoms with van der Waals surface area (Å²) >= 11 is 5.82. The van der Waals surface area contributed by atoms with Crippen LogP contribution in [0.2, 0.25) is 0 Å². The highest BCUT2D eigenvalue weighted by molar-refractivity contribution is 7.98. The first-order valence-corrected chi connectivity index (χ1v) is 7.94. The number of carbonyl (C=O) groups is 1. The summed E-state index contributed by atoms with van der Waals surface area (Å²) in [7, 11) is 0. The predicted molar refractivity (Wildman–Crippen MR) is 79.6 cm³/mol. The molecule has 0 saturated carbocycles. The SMILES string of the molecule is CCC(=O)[C@@H](N)CCSC.CCC(C)CS. The van der Waals surface area contributed by atoms with Crippen LogP contribution in [-0.4, -0.2) is 29.6 Å². The Bertz CT molecular complexity index is 161. The molecule has 0 aliphatic rings. The molecular weight excluding hydrogens is 238 g/mol. The molecule has 0 amide bonds. The molecule has 0 aliphatic heterocycles. The minimum atomic E-state index is -0.225. The van der Waals surface area contributed by atoms with Crippen molar-refractivity contribution < 1.29 is 4.79 Å². The molecule has 0 fully saturated rings. The number of thioether (sulfide) groups is 1. The third kappa shape index (κ3) is 12.4. The normalized spacial score (nSPS) is 13.6. The van der Waals surface area contributed by atoms with E-state index in [0.29, 0.717) is 6.42 Å². The number of rotatable bonds is 7. The molecule has 2 nitrogen and oxygen atoms in total. The van der Waals surface area contributed by atoms with Crippen LogP contribution in [0, 0.1) is 5.92 Å². The number of thiol groups is 1. The van der Waals surface area contributed by atoms with E-state index in [1.807, 2.05) is 13.2 Å². The van der Waals surface area contributed by atoms with Gasteiger partial charge in [0.05, 0.1) is 6.04 Å². The second kappa shape index (κ2) is 13.4. The van der Waals surface area contributed by atoms with E-state index in [9.17, 15) is 4.79 Å². The standard InChI is InChI=1S/C7H15NOS.C5H12S/c1-3-7(9)6(8)4-5-10-2;1-3-5(2)4-6/h6H,3-5,8H2,1-2H3;5-6H,3-4H2,1-2H3/t6-;/m0./s1. The highest BCUT2D eigenvalue weighted by Gasteiger charge is 2.09. The van der Waals surface area contributed by atoms with E-state index in [0.717, 1.165) is 23.8 Å². The molecular formula is C12H27NOS2. The largest absolute Gasteiger partial charge is 0.321 e. The molecule has 0 saturated heterocycles. The maximum absolute atomic E-state index is 10.9. The van der Waals surface area contributed by atoms with Gasteiger partial charge in [0.1, 0.15) is 5.78 Å². The molecule has 0 heterocycles. The molecule has 0 bridgehead atoms. The molecule has 4 heteroatoms. The Kier molecular flexibility index (Phi) is 15.6. The Balaban J connectivity index is 0. The molecule has 1 unspecified atom stereocenters. The Hall–Kier alpha value is 0.330. The fourth-order valence-corrected chi connectivity index (χ4v) is 1.54. The van der Waals surface area contributed by atoms with E-state index in [2.05, 4.69) is 26.5 Å². The Morgan fingerprint density at radius 2 is 2.00 bits per heavy atom. The lowest BCUT2D eigenvalue weighted by Crippen LogP contribution is -2.30. The van der Waals surface area contributed by atoms with Crippen molar-refractivity contribution in [3.8, 4) is 0 Å².